The highest BCUT2D eigenvalue weighted by molar-refractivity contribution is 5.97. The molecule has 6 atom stereocenters. The zero-order chi connectivity index (χ0) is 47.9. The molecular weight excluding hydrogens is 844 g/mol. The third-order valence-electron chi connectivity index (χ3n) is 9.17. The number of aliphatic imine (C=N–C) groups is 2. The minimum absolute atomic E-state index is 0.0352. The van der Waals surface area contributed by atoms with Crippen molar-refractivity contribution in [2.24, 2.45) is 38.7 Å². The van der Waals surface area contributed by atoms with Crippen molar-refractivity contribution in [2.75, 3.05) is 13.1 Å². The summed E-state index contributed by atoms with van der Waals surface area (Å²) in [4.78, 5) is 111. The third kappa shape index (κ3) is 20.2. The fraction of sp³-hybridized carbons (Fsp3) is 0.436. The minimum Gasteiger partial charge on any atom is -0.508 e. The van der Waals surface area contributed by atoms with E-state index in [9.17, 15) is 63.9 Å². The Kier molecular flexibility index (Phi) is 21.8. The van der Waals surface area contributed by atoms with E-state index in [1.807, 2.05) is 0 Å². The molecular formula is C39H56N12O13. The second kappa shape index (κ2) is 26.6. The fourth-order valence-corrected chi connectivity index (χ4v) is 5.88. The summed E-state index contributed by atoms with van der Waals surface area (Å²) in [6.07, 6.45) is -2.80. The molecule has 0 spiro atoms. The number of phenols is 2. The van der Waals surface area contributed by atoms with Gasteiger partial charge < -0.3 is 80.8 Å². The van der Waals surface area contributed by atoms with Gasteiger partial charge in [0.15, 0.2) is 11.9 Å². The molecule has 0 saturated heterocycles. The van der Waals surface area contributed by atoms with Gasteiger partial charge in [-0.05, 0) is 73.9 Å². The lowest BCUT2D eigenvalue weighted by Crippen LogP contribution is -2.59. The predicted molar refractivity (Wildman–Crippen MR) is 228 cm³/mol. The number of amides is 5. The third-order valence-corrected chi connectivity index (χ3v) is 9.17. The van der Waals surface area contributed by atoms with Crippen molar-refractivity contribution < 1.29 is 63.9 Å². The highest BCUT2D eigenvalue weighted by atomic mass is 16.4. The van der Waals surface area contributed by atoms with Crippen LogP contribution in [0.2, 0.25) is 0 Å². The number of phenolic OH excluding ortho intramolecular Hbond substituents is 2. The van der Waals surface area contributed by atoms with E-state index >= 15 is 0 Å². The lowest BCUT2D eigenvalue weighted by molar-refractivity contribution is -0.143. The van der Waals surface area contributed by atoms with E-state index in [1.54, 1.807) is 0 Å². The normalized spacial score (nSPS) is 13.5. The molecule has 64 heavy (non-hydrogen) atoms. The molecule has 350 valence electrons. The number of nitrogens with two attached hydrogens (primary N) is 5. The minimum atomic E-state index is -1.76. The van der Waals surface area contributed by atoms with E-state index in [-0.39, 0.29) is 75.0 Å². The summed E-state index contributed by atoms with van der Waals surface area (Å²) in [6, 6.07) is 1.85. The molecule has 0 aliphatic rings. The first-order valence-corrected chi connectivity index (χ1v) is 19.8. The van der Waals surface area contributed by atoms with Gasteiger partial charge in [0.25, 0.3) is 0 Å². The van der Waals surface area contributed by atoms with Crippen LogP contribution in [0.5, 0.6) is 11.5 Å². The van der Waals surface area contributed by atoms with Crippen LogP contribution in [0.4, 0.5) is 0 Å². The molecule has 2 rings (SSSR count). The Bertz CT molecular complexity index is 1990. The molecule has 0 radical (unpaired) electrons. The first-order valence-electron chi connectivity index (χ1n) is 19.8. The van der Waals surface area contributed by atoms with Crippen LogP contribution in [0, 0.1) is 0 Å². The molecule has 0 heterocycles. The number of rotatable bonds is 28. The number of carboxylic acids is 3. The van der Waals surface area contributed by atoms with E-state index in [0.717, 1.165) is 0 Å². The van der Waals surface area contributed by atoms with Crippen molar-refractivity contribution in [3.05, 3.63) is 59.7 Å². The van der Waals surface area contributed by atoms with Crippen molar-refractivity contribution >= 4 is 59.4 Å². The number of benzene rings is 2. The number of nitrogens with one attached hydrogen (secondary N) is 5. The summed E-state index contributed by atoms with van der Waals surface area (Å²) in [7, 11) is 0. The quantitative estimate of drug-likeness (QED) is 0.0221. The number of aromatic hydroxyl groups is 2. The molecule has 0 unspecified atom stereocenters. The zero-order valence-electron chi connectivity index (χ0n) is 34.6. The Labute approximate surface area is 366 Å². The maximum Gasteiger partial charge on any atom is 0.326 e. The van der Waals surface area contributed by atoms with Crippen molar-refractivity contribution in [1.29, 1.82) is 0 Å². The Hall–Kier alpha value is -7.70. The predicted octanol–water partition coefficient (Wildman–Crippen LogP) is -3.83. The van der Waals surface area contributed by atoms with E-state index in [2.05, 4.69) is 36.6 Å². The number of hydrogen-bond acceptors (Lipinski definition) is 13. The number of carbonyl (C=O) groups is 8. The van der Waals surface area contributed by atoms with Gasteiger partial charge in [0.05, 0.1) is 12.5 Å². The van der Waals surface area contributed by atoms with Crippen LogP contribution in [0.1, 0.15) is 56.1 Å². The molecule has 2 aromatic rings. The van der Waals surface area contributed by atoms with Gasteiger partial charge in [0.2, 0.25) is 29.5 Å². The Morgan fingerprint density at radius 2 is 0.875 bits per heavy atom. The molecule has 0 aromatic heterocycles. The molecule has 0 fully saturated rings. The molecule has 0 bridgehead atoms. The van der Waals surface area contributed by atoms with Gasteiger partial charge in [0.1, 0.15) is 41.7 Å². The monoisotopic (exact) mass is 900 g/mol. The van der Waals surface area contributed by atoms with Crippen LogP contribution in [0.25, 0.3) is 0 Å². The Morgan fingerprint density at radius 3 is 1.27 bits per heavy atom. The number of nitrogens with zero attached hydrogens (tertiary/aromatic N) is 2. The average molecular weight is 901 g/mol. The summed E-state index contributed by atoms with van der Waals surface area (Å²) in [5.41, 5.74) is 28.6. The molecule has 25 heteroatoms. The van der Waals surface area contributed by atoms with Crippen molar-refractivity contribution in [3.8, 4) is 11.5 Å². The summed E-state index contributed by atoms with van der Waals surface area (Å²) < 4.78 is 0. The van der Waals surface area contributed by atoms with Crippen LogP contribution in [-0.2, 0) is 51.2 Å². The van der Waals surface area contributed by atoms with Gasteiger partial charge >= 0.3 is 17.9 Å². The van der Waals surface area contributed by atoms with E-state index < -0.39 is 103 Å². The Morgan fingerprint density at radius 1 is 0.500 bits per heavy atom. The number of carboxylic acid groups (broad SMARTS) is 3. The maximum atomic E-state index is 14.0. The number of carbonyl (C=O) groups excluding carboxylic acids is 5. The lowest BCUT2D eigenvalue weighted by atomic mass is 10.0. The summed E-state index contributed by atoms with van der Waals surface area (Å²) in [5, 5.41) is 59.8. The van der Waals surface area contributed by atoms with Crippen molar-refractivity contribution in [1.82, 2.24) is 26.6 Å². The van der Waals surface area contributed by atoms with Crippen molar-refractivity contribution in [3.63, 3.8) is 0 Å². The van der Waals surface area contributed by atoms with Gasteiger partial charge in [-0.15, -0.1) is 0 Å². The molecule has 20 N–H and O–H groups in total. The van der Waals surface area contributed by atoms with Crippen LogP contribution in [0.3, 0.4) is 0 Å². The van der Waals surface area contributed by atoms with Crippen LogP contribution in [-0.4, -0.2) is 134 Å². The van der Waals surface area contributed by atoms with Crippen LogP contribution in [0.15, 0.2) is 58.5 Å². The van der Waals surface area contributed by atoms with Gasteiger partial charge in [-0.2, -0.15) is 0 Å². The number of aliphatic carboxylic acids is 3. The van der Waals surface area contributed by atoms with Gasteiger partial charge in [0, 0.05) is 25.9 Å². The highest BCUT2D eigenvalue weighted by Gasteiger charge is 2.34. The smallest absolute Gasteiger partial charge is 0.326 e. The molecule has 5 amide bonds. The highest BCUT2D eigenvalue weighted by Crippen LogP contribution is 2.14. The van der Waals surface area contributed by atoms with Gasteiger partial charge in [-0.1, -0.05) is 24.3 Å². The maximum absolute atomic E-state index is 14.0. The second-order valence-electron chi connectivity index (χ2n) is 14.4. The first kappa shape index (κ1) is 52.4. The molecule has 2 aromatic carbocycles. The standard InChI is InChI=1S/C39H56N12O13/c40-24(17-20-5-9-22(52)10-6-20)32(58)50-28(19-31(56)57)36(62)48-26(4-2-16-46-39(43)44)33(59)47-25(3-1-15-45-38(41)42)34(60)49-27(13-14-30(54)55)35(61)51-29(37(63)64)18-21-7-11-23(53)12-8-21/h5-12,24-29,52-53H,1-4,13-19,40H2,(H,47,59)(H,48,62)(H,49,60)(H,50,58)(H,51,61)(H,54,55)(H,56,57)(H,63,64)(H4,41,42,45)(H4,43,44,46)/t24-,25-,26-,27-,28-,29-/m0/s1. The zero-order valence-corrected chi connectivity index (χ0v) is 34.6. The Balaban J connectivity index is 2.40. The molecule has 0 aliphatic carbocycles. The first-order chi connectivity index (χ1) is 30.1. The number of guanidine groups is 2. The lowest BCUT2D eigenvalue weighted by Gasteiger charge is -2.27. The van der Waals surface area contributed by atoms with Crippen molar-refractivity contribution in [2.45, 2.75) is 94.0 Å². The van der Waals surface area contributed by atoms with Crippen LogP contribution < -0.4 is 55.3 Å². The van der Waals surface area contributed by atoms with Gasteiger partial charge in [-0.25, -0.2) is 4.79 Å². The van der Waals surface area contributed by atoms with Gasteiger partial charge in [-0.3, -0.25) is 43.5 Å². The summed E-state index contributed by atoms with van der Waals surface area (Å²) >= 11 is 0. The second-order valence-corrected chi connectivity index (χ2v) is 14.4. The largest absolute Gasteiger partial charge is 0.508 e. The fourth-order valence-electron chi connectivity index (χ4n) is 5.88. The molecule has 25 nitrogen and oxygen atoms in total. The number of hydrogen-bond donors (Lipinski definition) is 15. The van der Waals surface area contributed by atoms with Crippen LogP contribution >= 0.6 is 0 Å². The molecule has 0 saturated carbocycles. The molecule has 0 aliphatic heterocycles. The van der Waals surface area contributed by atoms with E-state index in [0.29, 0.717) is 11.1 Å². The van der Waals surface area contributed by atoms with E-state index in [1.165, 1.54) is 48.5 Å². The average Bonchev–Trinajstić information content (AvgIpc) is 3.21. The summed E-state index contributed by atoms with van der Waals surface area (Å²) in [5.74, 6) is -10.2. The van der Waals surface area contributed by atoms with E-state index in [4.69, 9.17) is 28.7 Å². The topological polar surface area (TPSA) is 453 Å². The SMILES string of the molecule is NC(N)=NCCC[C@H](NC(=O)[C@H](CCCN=C(N)N)NC(=O)[C@H](CC(=O)O)NC(=O)[C@@H](N)Cc1ccc(O)cc1)C(=O)N[C@@H](CCC(=O)O)C(=O)N[C@@H](Cc1ccc(O)cc1)C(=O)O. The summed E-state index contributed by atoms with van der Waals surface area (Å²) in [6.45, 7) is -0.0944.